The molecule has 74 valence electrons. The summed E-state index contributed by atoms with van der Waals surface area (Å²) < 4.78 is 0. The molecule has 0 aromatic rings. The summed E-state index contributed by atoms with van der Waals surface area (Å²) in [5.74, 6) is 3.17. The van der Waals surface area contributed by atoms with Gasteiger partial charge < -0.3 is 0 Å². The summed E-state index contributed by atoms with van der Waals surface area (Å²) in [7, 11) is 0. The second kappa shape index (κ2) is 2.59. The van der Waals surface area contributed by atoms with Crippen LogP contribution in [-0.2, 0) is 4.79 Å². The van der Waals surface area contributed by atoms with Gasteiger partial charge in [-0.15, -0.1) is 0 Å². The number of carbonyl (C=O) groups excluding carboxylic acids is 1. The average molecular weight is 188 g/mol. The molecule has 1 nitrogen and oxygen atoms in total. The molecule has 0 aromatic heterocycles. The molecule has 2 unspecified atom stereocenters. The van der Waals surface area contributed by atoms with Gasteiger partial charge in [0.2, 0.25) is 0 Å². The van der Waals surface area contributed by atoms with Crippen LogP contribution >= 0.6 is 0 Å². The first kappa shape index (κ1) is 8.46. The van der Waals surface area contributed by atoms with E-state index in [1.807, 2.05) is 13.0 Å². The molecule has 3 aliphatic rings. The lowest BCUT2D eigenvalue weighted by molar-refractivity contribution is -0.119. The second-order valence-corrected chi connectivity index (χ2v) is 4.95. The number of rotatable bonds is 0. The maximum atomic E-state index is 12.1. The van der Waals surface area contributed by atoms with Crippen molar-refractivity contribution in [1.82, 2.24) is 0 Å². The van der Waals surface area contributed by atoms with Crippen LogP contribution in [0.1, 0.15) is 20.3 Å². The summed E-state index contributed by atoms with van der Waals surface area (Å²) in [4.78, 5) is 12.1. The van der Waals surface area contributed by atoms with E-state index in [1.165, 1.54) is 6.42 Å². The van der Waals surface area contributed by atoms with Gasteiger partial charge in [-0.3, -0.25) is 4.79 Å². The minimum absolute atomic E-state index is 0.339. The second-order valence-electron chi connectivity index (χ2n) is 4.95. The first-order valence-corrected chi connectivity index (χ1v) is 5.62. The predicted molar refractivity (Wildman–Crippen MR) is 55.6 cm³/mol. The Kier molecular flexibility index (Phi) is 1.56. The molecular weight excluding hydrogens is 172 g/mol. The topological polar surface area (TPSA) is 17.1 Å². The highest BCUT2D eigenvalue weighted by atomic mass is 16.1. The third-order valence-corrected chi connectivity index (χ3v) is 4.49. The summed E-state index contributed by atoms with van der Waals surface area (Å²) in [5.41, 5.74) is 1.10. The van der Waals surface area contributed by atoms with Crippen molar-refractivity contribution in [2.75, 3.05) is 0 Å². The molecule has 3 rings (SSSR count). The molecule has 1 heteroatoms. The minimum atomic E-state index is 0.339. The zero-order valence-electron chi connectivity index (χ0n) is 8.73. The predicted octanol–water partition coefficient (Wildman–Crippen LogP) is 2.59. The number of carbonyl (C=O) groups is 1. The van der Waals surface area contributed by atoms with Crippen molar-refractivity contribution in [2.24, 2.45) is 29.6 Å². The third-order valence-electron chi connectivity index (χ3n) is 4.49. The highest BCUT2D eigenvalue weighted by Crippen LogP contribution is 2.57. The van der Waals surface area contributed by atoms with E-state index < -0.39 is 0 Å². The lowest BCUT2D eigenvalue weighted by Gasteiger charge is -2.21. The molecule has 0 amide bonds. The molecule has 5 atom stereocenters. The lowest BCUT2D eigenvalue weighted by Crippen LogP contribution is -2.20. The maximum absolute atomic E-state index is 12.1. The van der Waals surface area contributed by atoms with Gasteiger partial charge in [-0.25, -0.2) is 0 Å². The van der Waals surface area contributed by atoms with Crippen LogP contribution in [-0.4, -0.2) is 5.78 Å². The van der Waals surface area contributed by atoms with Crippen molar-refractivity contribution in [1.29, 1.82) is 0 Å². The fraction of sp³-hybridized carbons (Fsp3) is 0.615. The first-order chi connectivity index (χ1) is 6.74. The van der Waals surface area contributed by atoms with Crippen molar-refractivity contribution in [3.8, 4) is 0 Å². The molecule has 0 aromatic carbocycles. The van der Waals surface area contributed by atoms with E-state index in [-0.39, 0.29) is 0 Å². The molecule has 3 aliphatic carbocycles. The van der Waals surface area contributed by atoms with Crippen molar-refractivity contribution < 1.29 is 4.79 Å². The molecule has 0 aliphatic heterocycles. The molecule has 0 heterocycles. The number of ketones is 1. The van der Waals surface area contributed by atoms with Crippen LogP contribution in [0.15, 0.2) is 23.8 Å². The molecule has 2 saturated carbocycles. The first-order valence-electron chi connectivity index (χ1n) is 5.62. The Morgan fingerprint density at radius 1 is 1.36 bits per heavy atom. The Morgan fingerprint density at radius 2 is 2.07 bits per heavy atom. The van der Waals surface area contributed by atoms with Gasteiger partial charge in [-0.05, 0) is 42.6 Å². The van der Waals surface area contributed by atoms with Crippen LogP contribution in [0.4, 0.5) is 0 Å². The van der Waals surface area contributed by atoms with E-state index in [0.717, 1.165) is 5.57 Å². The average Bonchev–Trinajstić information content (AvgIpc) is 2.80. The summed E-state index contributed by atoms with van der Waals surface area (Å²) in [6.07, 6.45) is 7.89. The van der Waals surface area contributed by atoms with Crippen LogP contribution in [0.5, 0.6) is 0 Å². The number of Topliss-reactive ketones (excluding diaryl/α,β-unsaturated/α-hetero) is 1. The fourth-order valence-corrected chi connectivity index (χ4v) is 3.94. The quantitative estimate of drug-likeness (QED) is 0.422. The molecule has 14 heavy (non-hydrogen) atoms. The summed E-state index contributed by atoms with van der Waals surface area (Å²) >= 11 is 0. The Hall–Kier alpha value is -0.850. The Morgan fingerprint density at radius 3 is 2.71 bits per heavy atom. The molecule has 2 fully saturated rings. The van der Waals surface area contributed by atoms with Gasteiger partial charge >= 0.3 is 0 Å². The van der Waals surface area contributed by atoms with Crippen molar-refractivity contribution >= 4 is 5.78 Å². The van der Waals surface area contributed by atoms with Crippen molar-refractivity contribution in [2.45, 2.75) is 20.3 Å². The third kappa shape index (κ3) is 0.789. The highest BCUT2D eigenvalue weighted by Gasteiger charge is 2.55. The van der Waals surface area contributed by atoms with E-state index in [0.29, 0.717) is 35.4 Å². The number of fused-ring (bicyclic) bond motifs is 5. The largest absolute Gasteiger partial charge is 0.294 e. The van der Waals surface area contributed by atoms with E-state index in [1.54, 1.807) is 0 Å². The molecule has 2 bridgehead atoms. The lowest BCUT2D eigenvalue weighted by atomic mass is 9.81. The van der Waals surface area contributed by atoms with Crippen LogP contribution in [0.3, 0.4) is 0 Å². The minimum Gasteiger partial charge on any atom is -0.294 e. The molecule has 0 N–H and O–H groups in total. The van der Waals surface area contributed by atoms with E-state index >= 15 is 0 Å². The van der Waals surface area contributed by atoms with Gasteiger partial charge in [-0.2, -0.15) is 0 Å². The Bertz CT molecular complexity index is 350. The molecule has 0 radical (unpaired) electrons. The molecular formula is C13H16O. The van der Waals surface area contributed by atoms with Crippen LogP contribution in [0, 0.1) is 29.6 Å². The summed E-state index contributed by atoms with van der Waals surface area (Å²) in [6, 6.07) is 0. The van der Waals surface area contributed by atoms with Gasteiger partial charge in [0, 0.05) is 5.92 Å². The van der Waals surface area contributed by atoms with Crippen molar-refractivity contribution in [3.05, 3.63) is 23.8 Å². The van der Waals surface area contributed by atoms with Crippen LogP contribution in [0.25, 0.3) is 0 Å². The monoisotopic (exact) mass is 188 g/mol. The SMILES string of the molecule is C/C=C1/C(=O)C2C([C@H]3C=C[C@@H]2C3)[C@H]1C. The number of hydrogen-bond donors (Lipinski definition) is 0. The molecule has 0 spiro atoms. The summed E-state index contributed by atoms with van der Waals surface area (Å²) in [6.45, 7) is 4.23. The number of hydrogen-bond acceptors (Lipinski definition) is 1. The Balaban J connectivity index is 2.06. The standard InChI is InChI=1S/C13H16O/c1-3-10-7(2)11-8-4-5-9(6-8)12(11)13(10)14/h3-5,7-9,11-12H,6H2,1-2H3/b10-3+/t7-,8-,9+,11?,12?/m0/s1. The van der Waals surface area contributed by atoms with Crippen LogP contribution < -0.4 is 0 Å². The zero-order chi connectivity index (χ0) is 9.87. The smallest absolute Gasteiger partial charge is 0.162 e. The number of allylic oxidation sites excluding steroid dienone is 4. The molecule has 0 saturated heterocycles. The van der Waals surface area contributed by atoms with Crippen LogP contribution in [0.2, 0.25) is 0 Å². The van der Waals surface area contributed by atoms with E-state index in [9.17, 15) is 4.79 Å². The Labute approximate surface area is 84.9 Å². The van der Waals surface area contributed by atoms with E-state index in [4.69, 9.17) is 0 Å². The van der Waals surface area contributed by atoms with E-state index in [2.05, 4.69) is 19.1 Å². The zero-order valence-corrected chi connectivity index (χ0v) is 8.73. The highest BCUT2D eigenvalue weighted by molar-refractivity contribution is 6.01. The normalized spacial score (nSPS) is 52.0. The van der Waals surface area contributed by atoms with Gasteiger partial charge in [-0.1, -0.05) is 25.2 Å². The van der Waals surface area contributed by atoms with Crippen molar-refractivity contribution in [3.63, 3.8) is 0 Å². The fourth-order valence-electron chi connectivity index (χ4n) is 3.94. The summed E-state index contributed by atoms with van der Waals surface area (Å²) in [5, 5.41) is 0. The maximum Gasteiger partial charge on any atom is 0.162 e. The van der Waals surface area contributed by atoms with Gasteiger partial charge in [0.25, 0.3) is 0 Å². The van der Waals surface area contributed by atoms with Gasteiger partial charge in [0.15, 0.2) is 5.78 Å². The van der Waals surface area contributed by atoms with Gasteiger partial charge in [0.1, 0.15) is 0 Å². The van der Waals surface area contributed by atoms with Gasteiger partial charge in [0.05, 0.1) is 0 Å².